The number of aromatic nitrogens is 4. The fraction of sp³-hybridized carbons (Fsp3) is 0.227. The van der Waals surface area contributed by atoms with Crippen molar-refractivity contribution >= 4 is 22.5 Å². The Morgan fingerprint density at radius 2 is 1.80 bits per heavy atom. The van der Waals surface area contributed by atoms with Gasteiger partial charge in [0.1, 0.15) is 5.69 Å². The van der Waals surface area contributed by atoms with E-state index < -0.39 is 11.7 Å². The number of para-hydroxylation sites is 1. The number of pyridine rings is 1. The molecular weight excluding hydrogens is 391 g/mol. The molecule has 2 N–H and O–H groups in total. The van der Waals surface area contributed by atoms with Crippen LogP contribution >= 0.6 is 0 Å². The van der Waals surface area contributed by atoms with Crippen LogP contribution in [-0.2, 0) is 6.18 Å². The molecule has 0 saturated heterocycles. The number of hydrogen-bond acceptors (Lipinski definition) is 4. The number of alkyl halides is 3. The van der Waals surface area contributed by atoms with Crippen molar-refractivity contribution in [2.75, 3.05) is 5.32 Å². The Hall–Kier alpha value is -3.42. The van der Waals surface area contributed by atoms with Crippen LogP contribution in [0, 0.1) is 6.92 Å². The van der Waals surface area contributed by atoms with Crippen LogP contribution in [0.3, 0.4) is 0 Å². The van der Waals surface area contributed by atoms with Gasteiger partial charge in [-0.3, -0.25) is 0 Å². The van der Waals surface area contributed by atoms with E-state index in [4.69, 9.17) is 0 Å². The van der Waals surface area contributed by atoms with Crippen molar-refractivity contribution in [3.05, 3.63) is 65.2 Å². The number of halogens is 3. The summed E-state index contributed by atoms with van der Waals surface area (Å²) in [7, 11) is 0. The summed E-state index contributed by atoms with van der Waals surface area (Å²) in [5.41, 5.74) is 1.83. The number of rotatable bonds is 4. The first kappa shape index (κ1) is 18.6. The molecule has 2 heterocycles. The summed E-state index contributed by atoms with van der Waals surface area (Å²) in [5.74, 6) is 0.907. The van der Waals surface area contributed by atoms with Crippen molar-refractivity contribution in [2.24, 2.45) is 0 Å². The van der Waals surface area contributed by atoms with E-state index >= 15 is 0 Å². The van der Waals surface area contributed by atoms with Gasteiger partial charge in [-0.05, 0) is 67.1 Å². The fourth-order valence-corrected chi connectivity index (χ4v) is 3.60. The highest BCUT2D eigenvalue weighted by atomic mass is 19.4. The van der Waals surface area contributed by atoms with Crippen LogP contribution in [0.4, 0.5) is 24.8 Å². The molecule has 0 spiro atoms. The molecule has 0 amide bonds. The molecule has 0 atom stereocenters. The number of anilines is 2. The summed E-state index contributed by atoms with van der Waals surface area (Å²) < 4.78 is 41.4. The van der Waals surface area contributed by atoms with Crippen LogP contribution in [0.5, 0.6) is 0 Å². The van der Waals surface area contributed by atoms with Gasteiger partial charge in [-0.15, -0.1) is 10.2 Å². The lowest BCUT2D eigenvalue weighted by Gasteiger charge is -2.14. The standard InChI is InChI=1S/C22H18F3N5/c1-12-9-18(20-28-21(30-29-20)26-15-5-3-2-4-6-15)27-19-16(12)10-14(13-7-8-13)11-17(19)22(23,24)25/h2-6,9-11,13H,7-8H2,1H3,(H2,26,28,29,30). The van der Waals surface area contributed by atoms with Gasteiger partial charge in [0.25, 0.3) is 0 Å². The molecule has 5 nitrogen and oxygen atoms in total. The largest absolute Gasteiger partial charge is 0.418 e. The van der Waals surface area contributed by atoms with Crippen LogP contribution in [0.15, 0.2) is 48.5 Å². The average molecular weight is 409 g/mol. The Morgan fingerprint density at radius 3 is 2.50 bits per heavy atom. The predicted molar refractivity (Wildman–Crippen MR) is 109 cm³/mol. The van der Waals surface area contributed by atoms with E-state index in [1.807, 2.05) is 36.4 Å². The molecule has 8 heteroatoms. The molecule has 4 aromatic rings. The fourth-order valence-electron chi connectivity index (χ4n) is 3.60. The normalized spacial score (nSPS) is 14.3. The zero-order valence-electron chi connectivity index (χ0n) is 16.1. The Bertz CT molecular complexity index is 1230. The molecule has 0 bridgehead atoms. The molecule has 30 heavy (non-hydrogen) atoms. The second kappa shape index (κ2) is 6.83. The van der Waals surface area contributed by atoms with Crippen molar-refractivity contribution in [1.82, 2.24) is 20.2 Å². The van der Waals surface area contributed by atoms with Gasteiger partial charge >= 0.3 is 6.18 Å². The maximum atomic E-state index is 13.8. The van der Waals surface area contributed by atoms with Crippen molar-refractivity contribution in [3.63, 3.8) is 0 Å². The van der Waals surface area contributed by atoms with Gasteiger partial charge in [0.2, 0.25) is 5.95 Å². The molecule has 1 aliphatic rings. The van der Waals surface area contributed by atoms with Crippen molar-refractivity contribution in [1.29, 1.82) is 0 Å². The van der Waals surface area contributed by atoms with Gasteiger partial charge in [-0.2, -0.15) is 13.2 Å². The molecule has 0 unspecified atom stereocenters. The Kier molecular flexibility index (Phi) is 4.23. The third-order valence-electron chi connectivity index (χ3n) is 5.26. The SMILES string of the molecule is Cc1cc(-c2nnc(Nc3ccccc3)[nH]2)nc2c(C(F)(F)F)cc(C3CC3)cc12. The average Bonchev–Trinajstić information content (AvgIpc) is 3.46. The first-order valence-corrected chi connectivity index (χ1v) is 9.66. The molecule has 0 aliphatic heterocycles. The molecule has 1 saturated carbocycles. The van der Waals surface area contributed by atoms with E-state index in [1.165, 1.54) is 6.07 Å². The number of benzene rings is 2. The molecule has 5 rings (SSSR count). The number of fused-ring (bicyclic) bond motifs is 1. The van der Waals surface area contributed by atoms with Crippen LogP contribution in [0.1, 0.15) is 35.4 Å². The number of aryl methyl sites for hydroxylation is 1. The highest BCUT2D eigenvalue weighted by molar-refractivity contribution is 5.88. The van der Waals surface area contributed by atoms with E-state index in [9.17, 15) is 13.2 Å². The first-order chi connectivity index (χ1) is 14.4. The molecule has 2 aromatic carbocycles. The summed E-state index contributed by atoms with van der Waals surface area (Å²) in [6, 6.07) is 14.2. The van der Waals surface area contributed by atoms with Crippen LogP contribution in [-0.4, -0.2) is 20.2 Å². The quantitative estimate of drug-likeness (QED) is 0.436. The highest BCUT2D eigenvalue weighted by Crippen LogP contribution is 2.44. The van der Waals surface area contributed by atoms with Gasteiger partial charge < -0.3 is 10.3 Å². The number of aromatic amines is 1. The minimum absolute atomic E-state index is 0.0594. The minimum atomic E-state index is -4.48. The number of nitrogens with zero attached hydrogens (tertiary/aromatic N) is 3. The molecule has 2 aromatic heterocycles. The third-order valence-corrected chi connectivity index (χ3v) is 5.26. The topological polar surface area (TPSA) is 66.5 Å². The summed E-state index contributed by atoms with van der Waals surface area (Å²) in [6.45, 7) is 1.80. The van der Waals surface area contributed by atoms with Gasteiger partial charge in [0.15, 0.2) is 5.82 Å². The Balaban J connectivity index is 1.58. The molecule has 1 aliphatic carbocycles. The van der Waals surface area contributed by atoms with Gasteiger partial charge in [-0.1, -0.05) is 18.2 Å². The monoisotopic (exact) mass is 409 g/mol. The maximum Gasteiger partial charge on any atom is 0.418 e. The summed E-state index contributed by atoms with van der Waals surface area (Å²) in [5, 5.41) is 11.7. The predicted octanol–water partition coefficient (Wildman–Crippen LogP) is 5.97. The molecule has 0 radical (unpaired) electrons. The first-order valence-electron chi connectivity index (χ1n) is 9.66. The highest BCUT2D eigenvalue weighted by Gasteiger charge is 2.36. The van der Waals surface area contributed by atoms with Gasteiger partial charge in [-0.25, -0.2) is 4.98 Å². The van der Waals surface area contributed by atoms with E-state index in [-0.39, 0.29) is 11.4 Å². The number of H-pyrrole nitrogens is 1. The zero-order chi connectivity index (χ0) is 20.9. The van der Waals surface area contributed by atoms with Crippen LogP contribution < -0.4 is 5.32 Å². The Morgan fingerprint density at radius 1 is 1.03 bits per heavy atom. The van der Waals surface area contributed by atoms with Gasteiger partial charge in [0, 0.05) is 11.1 Å². The summed E-state index contributed by atoms with van der Waals surface area (Å²) >= 11 is 0. The minimum Gasteiger partial charge on any atom is -0.324 e. The van der Waals surface area contributed by atoms with Gasteiger partial charge in [0.05, 0.1) is 11.1 Å². The van der Waals surface area contributed by atoms with E-state index in [0.717, 1.165) is 29.7 Å². The maximum absolute atomic E-state index is 13.8. The van der Waals surface area contributed by atoms with E-state index in [0.29, 0.717) is 22.9 Å². The molecule has 1 fully saturated rings. The van der Waals surface area contributed by atoms with E-state index in [1.54, 1.807) is 13.0 Å². The van der Waals surface area contributed by atoms with Crippen molar-refractivity contribution < 1.29 is 13.2 Å². The van der Waals surface area contributed by atoms with Crippen molar-refractivity contribution in [2.45, 2.75) is 31.9 Å². The Labute approximate surface area is 170 Å². The zero-order valence-corrected chi connectivity index (χ0v) is 16.1. The number of hydrogen-bond donors (Lipinski definition) is 2. The molecule has 152 valence electrons. The van der Waals surface area contributed by atoms with Crippen LogP contribution in [0.25, 0.3) is 22.4 Å². The second-order valence-corrected chi connectivity index (χ2v) is 7.57. The number of nitrogens with one attached hydrogen (secondary N) is 2. The summed E-state index contributed by atoms with van der Waals surface area (Å²) in [4.78, 5) is 7.32. The lowest BCUT2D eigenvalue weighted by molar-refractivity contribution is -0.136. The third kappa shape index (κ3) is 3.49. The second-order valence-electron chi connectivity index (χ2n) is 7.57. The summed E-state index contributed by atoms with van der Waals surface area (Å²) in [6.07, 6.45) is -2.62. The van der Waals surface area contributed by atoms with Crippen LogP contribution in [0.2, 0.25) is 0 Å². The lowest BCUT2D eigenvalue weighted by atomic mass is 9.98. The van der Waals surface area contributed by atoms with E-state index in [2.05, 4.69) is 25.5 Å². The smallest absolute Gasteiger partial charge is 0.324 e. The molecular formula is C22H18F3N5. The van der Waals surface area contributed by atoms with Crippen molar-refractivity contribution in [3.8, 4) is 11.5 Å². The lowest BCUT2D eigenvalue weighted by Crippen LogP contribution is -2.08.